The lowest BCUT2D eigenvalue weighted by Gasteiger charge is -2.17. The van der Waals surface area contributed by atoms with Gasteiger partial charge in [0.15, 0.2) is 5.82 Å². The molecule has 1 aromatic heterocycles. The molecule has 2 aliphatic rings. The predicted octanol–water partition coefficient (Wildman–Crippen LogP) is 1.89. The summed E-state index contributed by atoms with van der Waals surface area (Å²) < 4.78 is 0. The molecule has 0 spiro atoms. The lowest BCUT2D eigenvalue weighted by Crippen LogP contribution is -2.29. The number of carbonyl (C=O) groups is 1. The van der Waals surface area contributed by atoms with Crippen molar-refractivity contribution in [3.05, 3.63) is 22.8 Å². The molecule has 1 amide bonds. The number of anilines is 1. The number of fused-ring (bicyclic) bond motifs is 1. The number of hydrogen-bond donors (Lipinski definition) is 2. The molecule has 2 heterocycles. The van der Waals surface area contributed by atoms with Gasteiger partial charge >= 0.3 is 0 Å². The molecule has 3 N–H and O–H groups in total. The first-order chi connectivity index (χ1) is 9.19. The molecule has 1 aliphatic heterocycles. The van der Waals surface area contributed by atoms with Crippen LogP contribution in [0.2, 0.25) is 5.02 Å². The number of halogens is 1. The third-order valence-electron chi connectivity index (χ3n) is 4.24. The number of pyridine rings is 1. The number of amides is 1. The van der Waals surface area contributed by atoms with E-state index in [-0.39, 0.29) is 5.91 Å². The monoisotopic (exact) mass is 280 g/mol. The Morgan fingerprint density at radius 2 is 2.11 bits per heavy atom. The van der Waals surface area contributed by atoms with E-state index in [9.17, 15) is 4.79 Å². The first-order valence-electron chi connectivity index (χ1n) is 6.60. The minimum atomic E-state index is 0.0207. The number of nitrogens with two attached hydrogens (primary N) is 1. The molecule has 6 heteroatoms. The SMILES string of the molecule is NNc1ncc(C(=O)N2CC3CCCC3C2)cc1Cl. The van der Waals surface area contributed by atoms with Crippen molar-refractivity contribution in [1.29, 1.82) is 0 Å². The predicted molar refractivity (Wildman–Crippen MR) is 73.8 cm³/mol. The minimum absolute atomic E-state index is 0.0207. The van der Waals surface area contributed by atoms with E-state index in [4.69, 9.17) is 17.4 Å². The minimum Gasteiger partial charge on any atom is -0.338 e. The van der Waals surface area contributed by atoms with Crippen LogP contribution in [0.3, 0.4) is 0 Å². The third-order valence-corrected chi connectivity index (χ3v) is 4.53. The van der Waals surface area contributed by atoms with E-state index in [1.54, 1.807) is 6.07 Å². The second-order valence-corrected chi connectivity index (χ2v) is 5.77. The fraction of sp³-hybridized carbons (Fsp3) is 0.538. The zero-order valence-electron chi connectivity index (χ0n) is 10.6. The average molecular weight is 281 g/mol. The van der Waals surface area contributed by atoms with Crippen LogP contribution in [0.25, 0.3) is 0 Å². The van der Waals surface area contributed by atoms with Crippen molar-refractivity contribution >= 4 is 23.3 Å². The van der Waals surface area contributed by atoms with Crippen LogP contribution >= 0.6 is 11.6 Å². The van der Waals surface area contributed by atoms with Gasteiger partial charge in [-0.05, 0) is 30.7 Å². The van der Waals surface area contributed by atoms with Crippen LogP contribution in [-0.2, 0) is 0 Å². The lowest BCUT2D eigenvalue weighted by atomic mass is 10.0. The Kier molecular flexibility index (Phi) is 3.33. The number of rotatable bonds is 2. The van der Waals surface area contributed by atoms with E-state index < -0.39 is 0 Å². The van der Waals surface area contributed by atoms with Crippen molar-refractivity contribution < 1.29 is 4.79 Å². The van der Waals surface area contributed by atoms with Crippen LogP contribution in [0.15, 0.2) is 12.3 Å². The molecule has 0 aromatic carbocycles. The first-order valence-corrected chi connectivity index (χ1v) is 6.98. The second-order valence-electron chi connectivity index (χ2n) is 5.36. The van der Waals surface area contributed by atoms with Gasteiger partial charge < -0.3 is 10.3 Å². The molecule has 0 radical (unpaired) electrons. The summed E-state index contributed by atoms with van der Waals surface area (Å²) in [6.45, 7) is 1.75. The largest absolute Gasteiger partial charge is 0.338 e. The van der Waals surface area contributed by atoms with Crippen LogP contribution in [-0.4, -0.2) is 28.9 Å². The molecule has 5 nitrogen and oxygen atoms in total. The van der Waals surface area contributed by atoms with Gasteiger partial charge in [-0.25, -0.2) is 10.8 Å². The van der Waals surface area contributed by atoms with E-state index in [2.05, 4.69) is 10.4 Å². The zero-order chi connectivity index (χ0) is 13.4. The van der Waals surface area contributed by atoms with E-state index in [1.807, 2.05) is 4.90 Å². The third kappa shape index (κ3) is 2.28. The van der Waals surface area contributed by atoms with Crippen LogP contribution in [0.1, 0.15) is 29.6 Å². The van der Waals surface area contributed by atoms with Gasteiger partial charge in [0.05, 0.1) is 10.6 Å². The summed E-state index contributed by atoms with van der Waals surface area (Å²) in [6, 6.07) is 1.63. The molecule has 3 rings (SSSR count). The summed E-state index contributed by atoms with van der Waals surface area (Å²) in [5.74, 6) is 7.06. The van der Waals surface area contributed by atoms with E-state index >= 15 is 0 Å². The van der Waals surface area contributed by atoms with Gasteiger partial charge in [-0.15, -0.1) is 0 Å². The fourth-order valence-corrected chi connectivity index (χ4v) is 3.47. The number of aromatic nitrogens is 1. The smallest absolute Gasteiger partial charge is 0.255 e. The number of hydrogen-bond acceptors (Lipinski definition) is 4. The summed E-state index contributed by atoms with van der Waals surface area (Å²) in [5, 5.41) is 0.368. The molecule has 102 valence electrons. The van der Waals surface area contributed by atoms with Crippen molar-refractivity contribution in [2.24, 2.45) is 17.7 Å². The van der Waals surface area contributed by atoms with Crippen molar-refractivity contribution in [3.63, 3.8) is 0 Å². The topological polar surface area (TPSA) is 71.2 Å². The number of nitrogens with one attached hydrogen (secondary N) is 1. The number of hydrazine groups is 1. The Morgan fingerprint density at radius 3 is 2.68 bits per heavy atom. The van der Waals surface area contributed by atoms with E-state index in [0.717, 1.165) is 13.1 Å². The molecule has 1 aromatic rings. The van der Waals surface area contributed by atoms with Gasteiger partial charge in [0, 0.05) is 19.3 Å². The van der Waals surface area contributed by atoms with Gasteiger partial charge in [-0.1, -0.05) is 18.0 Å². The van der Waals surface area contributed by atoms with Crippen LogP contribution in [0, 0.1) is 11.8 Å². The highest BCUT2D eigenvalue weighted by Crippen LogP contribution is 2.38. The standard InChI is InChI=1S/C13H17ClN4O/c14-11-4-10(5-16-12(11)17-15)13(19)18-6-8-2-1-3-9(8)7-18/h4-5,8-9H,1-3,6-7,15H2,(H,16,17). The van der Waals surface area contributed by atoms with Gasteiger partial charge in [-0.2, -0.15) is 0 Å². The molecule has 1 saturated heterocycles. The normalized spacial score (nSPS) is 25.5. The highest BCUT2D eigenvalue weighted by molar-refractivity contribution is 6.33. The lowest BCUT2D eigenvalue weighted by molar-refractivity contribution is 0.0780. The molecule has 2 unspecified atom stereocenters. The van der Waals surface area contributed by atoms with E-state index in [0.29, 0.717) is 28.2 Å². The molecule has 2 atom stereocenters. The fourth-order valence-electron chi connectivity index (χ4n) is 3.24. The maximum Gasteiger partial charge on any atom is 0.255 e. The highest BCUT2D eigenvalue weighted by atomic mass is 35.5. The van der Waals surface area contributed by atoms with Gasteiger partial charge in [0.25, 0.3) is 5.91 Å². The quantitative estimate of drug-likeness (QED) is 0.641. The molecular weight excluding hydrogens is 264 g/mol. The van der Waals surface area contributed by atoms with Crippen LogP contribution < -0.4 is 11.3 Å². The molecule has 2 fully saturated rings. The Bertz CT molecular complexity index is 495. The second kappa shape index (κ2) is 4.98. The first kappa shape index (κ1) is 12.7. The summed E-state index contributed by atoms with van der Waals surface area (Å²) in [7, 11) is 0. The molecular formula is C13H17ClN4O. The Labute approximate surface area is 117 Å². The number of likely N-dealkylation sites (tertiary alicyclic amines) is 1. The van der Waals surface area contributed by atoms with Crippen molar-refractivity contribution in [2.45, 2.75) is 19.3 Å². The number of nitrogen functional groups attached to an aromatic ring is 1. The van der Waals surface area contributed by atoms with Crippen molar-refractivity contribution in [3.8, 4) is 0 Å². The Balaban J connectivity index is 1.75. The average Bonchev–Trinajstić information content (AvgIpc) is 2.98. The molecule has 0 bridgehead atoms. The summed E-state index contributed by atoms with van der Waals surface area (Å²) in [4.78, 5) is 18.4. The van der Waals surface area contributed by atoms with Gasteiger partial charge in [-0.3, -0.25) is 4.79 Å². The van der Waals surface area contributed by atoms with Gasteiger partial charge in [0.2, 0.25) is 0 Å². The number of nitrogens with zero attached hydrogens (tertiary/aromatic N) is 2. The number of carbonyl (C=O) groups excluding carboxylic acids is 1. The van der Waals surface area contributed by atoms with E-state index in [1.165, 1.54) is 25.5 Å². The van der Waals surface area contributed by atoms with Crippen molar-refractivity contribution in [1.82, 2.24) is 9.88 Å². The Morgan fingerprint density at radius 1 is 1.42 bits per heavy atom. The summed E-state index contributed by atoms with van der Waals surface area (Å²) in [6.07, 6.45) is 5.34. The molecule has 1 saturated carbocycles. The summed E-state index contributed by atoms with van der Waals surface area (Å²) in [5.41, 5.74) is 2.93. The van der Waals surface area contributed by atoms with Crippen molar-refractivity contribution in [2.75, 3.05) is 18.5 Å². The van der Waals surface area contributed by atoms with Gasteiger partial charge in [0.1, 0.15) is 0 Å². The molecule has 19 heavy (non-hydrogen) atoms. The maximum absolute atomic E-state index is 12.4. The zero-order valence-corrected chi connectivity index (χ0v) is 11.4. The Hall–Kier alpha value is -1.33. The van der Waals surface area contributed by atoms with Crippen LogP contribution in [0.4, 0.5) is 5.82 Å². The summed E-state index contributed by atoms with van der Waals surface area (Å²) >= 11 is 6.00. The highest BCUT2D eigenvalue weighted by Gasteiger charge is 2.38. The molecule has 1 aliphatic carbocycles. The van der Waals surface area contributed by atoms with Crippen LogP contribution in [0.5, 0.6) is 0 Å². The maximum atomic E-state index is 12.4.